The smallest absolute Gasteiger partial charge is 0.274 e. The van der Waals surface area contributed by atoms with E-state index in [1.54, 1.807) is 11.0 Å². The number of ether oxygens (including phenoxy) is 2. The molecule has 146 valence electrons. The van der Waals surface area contributed by atoms with Crippen LogP contribution in [0.15, 0.2) is 36.4 Å². The Balaban J connectivity index is 1.69. The van der Waals surface area contributed by atoms with Gasteiger partial charge >= 0.3 is 0 Å². The Kier molecular flexibility index (Phi) is 5.53. The molecule has 2 N–H and O–H groups in total. The fourth-order valence-electron chi connectivity index (χ4n) is 2.89. The summed E-state index contributed by atoms with van der Waals surface area (Å²) < 4.78 is 11.2. The van der Waals surface area contributed by atoms with Gasteiger partial charge in [0.05, 0.1) is 19.8 Å². The number of β-amino-alcohol motifs (C(OH)–C–C–N with tert-alkyl or cyclic N) is 1. The van der Waals surface area contributed by atoms with Crippen LogP contribution in [0.2, 0.25) is 0 Å². The molecule has 0 saturated carbocycles. The molecule has 1 fully saturated rings. The molecule has 1 unspecified atom stereocenters. The van der Waals surface area contributed by atoms with E-state index in [-0.39, 0.29) is 31.1 Å². The molecule has 7 nitrogen and oxygen atoms in total. The summed E-state index contributed by atoms with van der Waals surface area (Å²) in [5.74, 6) is 0.431. The molecule has 1 saturated heterocycles. The minimum absolute atomic E-state index is 0.0363. The zero-order valence-corrected chi connectivity index (χ0v) is 16.1. The van der Waals surface area contributed by atoms with E-state index in [4.69, 9.17) is 9.47 Å². The van der Waals surface area contributed by atoms with Crippen LogP contribution >= 0.6 is 0 Å². The number of para-hydroxylation sites is 1. The van der Waals surface area contributed by atoms with Crippen LogP contribution in [0.5, 0.6) is 5.75 Å². The van der Waals surface area contributed by atoms with Crippen molar-refractivity contribution in [2.45, 2.75) is 31.8 Å². The van der Waals surface area contributed by atoms with Crippen LogP contribution in [0.25, 0.3) is 0 Å². The molecule has 1 aliphatic heterocycles. The van der Waals surface area contributed by atoms with Crippen molar-refractivity contribution in [1.29, 1.82) is 0 Å². The van der Waals surface area contributed by atoms with Gasteiger partial charge in [0.25, 0.3) is 5.91 Å². The van der Waals surface area contributed by atoms with E-state index in [9.17, 15) is 9.90 Å². The topological polar surface area (TPSA) is 87.7 Å². The summed E-state index contributed by atoms with van der Waals surface area (Å²) in [6.07, 6.45) is 0. The molecule has 2 heterocycles. The second kappa shape index (κ2) is 7.70. The number of aliphatic hydroxyl groups is 1. The zero-order valence-electron chi connectivity index (χ0n) is 16.1. The van der Waals surface area contributed by atoms with Gasteiger partial charge in [-0.2, -0.15) is 5.10 Å². The highest BCUT2D eigenvalue weighted by molar-refractivity contribution is 5.92. The van der Waals surface area contributed by atoms with Crippen LogP contribution < -0.4 is 4.74 Å². The van der Waals surface area contributed by atoms with Gasteiger partial charge in [0.15, 0.2) is 0 Å². The molecular weight excluding hydrogens is 346 g/mol. The summed E-state index contributed by atoms with van der Waals surface area (Å²) in [5.41, 5.74) is -0.184. The fourth-order valence-corrected chi connectivity index (χ4v) is 2.89. The van der Waals surface area contributed by atoms with Crippen molar-refractivity contribution in [3.63, 3.8) is 0 Å². The number of nitrogens with one attached hydrogen (secondary N) is 1. The molecule has 1 amide bonds. The van der Waals surface area contributed by atoms with Gasteiger partial charge in [-0.25, -0.2) is 0 Å². The minimum Gasteiger partial charge on any atom is -0.490 e. The number of carbonyl (C=O) groups excluding carboxylic acids is 1. The summed E-state index contributed by atoms with van der Waals surface area (Å²) in [6, 6.07) is 11.0. The number of rotatable bonds is 4. The number of amides is 1. The number of aromatic nitrogens is 2. The molecule has 1 aromatic heterocycles. The lowest BCUT2D eigenvalue weighted by molar-refractivity contribution is -0.0621. The number of aromatic amines is 1. The first kappa shape index (κ1) is 19.4. The Bertz CT molecular complexity index is 769. The van der Waals surface area contributed by atoms with Gasteiger partial charge in [-0.05, 0) is 18.2 Å². The Morgan fingerprint density at radius 1 is 1.37 bits per heavy atom. The van der Waals surface area contributed by atoms with Gasteiger partial charge in [0, 0.05) is 17.7 Å². The third-order valence-corrected chi connectivity index (χ3v) is 4.50. The molecule has 0 bridgehead atoms. The highest BCUT2D eigenvalue weighted by atomic mass is 16.5. The normalized spacial score (nSPS) is 21.0. The Morgan fingerprint density at radius 3 is 2.78 bits per heavy atom. The van der Waals surface area contributed by atoms with E-state index < -0.39 is 5.60 Å². The molecule has 1 aromatic carbocycles. The van der Waals surface area contributed by atoms with Crippen molar-refractivity contribution in [1.82, 2.24) is 15.1 Å². The van der Waals surface area contributed by atoms with Crippen LogP contribution in [0.3, 0.4) is 0 Å². The van der Waals surface area contributed by atoms with Crippen molar-refractivity contribution in [2.24, 2.45) is 0 Å². The molecule has 0 aliphatic carbocycles. The van der Waals surface area contributed by atoms with Gasteiger partial charge < -0.3 is 19.5 Å². The fraction of sp³-hybridized carbons (Fsp3) is 0.500. The van der Waals surface area contributed by atoms with E-state index in [2.05, 4.69) is 10.2 Å². The quantitative estimate of drug-likeness (QED) is 0.856. The maximum atomic E-state index is 12.9. The molecule has 0 radical (unpaired) electrons. The van der Waals surface area contributed by atoms with E-state index in [0.717, 1.165) is 5.69 Å². The van der Waals surface area contributed by atoms with E-state index in [0.29, 0.717) is 24.6 Å². The molecule has 27 heavy (non-hydrogen) atoms. The predicted octanol–water partition coefficient (Wildman–Crippen LogP) is 1.99. The summed E-state index contributed by atoms with van der Waals surface area (Å²) in [7, 11) is 0. The summed E-state index contributed by atoms with van der Waals surface area (Å²) in [4.78, 5) is 14.5. The first-order valence-corrected chi connectivity index (χ1v) is 9.10. The van der Waals surface area contributed by atoms with E-state index >= 15 is 0 Å². The molecule has 1 aliphatic rings. The molecule has 7 heteroatoms. The maximum absolute atomic E-state index is 12.9. The van der Waals surface area contributed by atoms with Crippen molar-refractivity contribution in [2.75, 3.05) is 32.9 Å². The lowest BCUT2D eigenvalue weighted by atomic mass is 9.92. The highest BCUT2D eigenvalue weighted by Crippen LogP contribution is 2.22. The Hall–Kier alpha value is -2.38. The largest absolute Gasteiger partial charge is 0.490 e. The van der Waals surface area contributed by atoms with Crippen LogP contribution in [-0.4, -0.2) is 64.6 Å². The average molecular weight is 373 g/mol. The standard InChI is InChI=1S/C20H27N3O4/c1-19(2,3)17-11-16(21-22-17)18(24)23-9-10-26-13-20(25,12-23)14-27-15-7-5-4-6-8-15/h4-8,11,25H,9-10,12-14H2,1-3H3,(H,21,22). The molecule has 3 rings (SSSR count). The van der Waals surface area contributed by atoms with Crippen molar-refractivity contribution in [3.05, 3.63) is 47.8 Å². The number of nitrogens with zero attached hydrogens (tertiary/aromatic N) is 2. The maximum Gasteiger partial charge on any atom is 0.274 e. The van der Waals surface area contributed by atoms with Gasteiger partial charge in [-0.15, -0.1) is 0 Å². The Labute approximate surface area is 159 Å². The van der Waals surface area contributed by atoms with Gasteiger partial charge in [0.2, 0.25) is 0 Å². The van der Waals surface area contributed by atoms with Gasteiger partial charge in [-0.1, -0.05) is 39.0 Å². The van der Waals surface area contributed by atoms with Gasteiger partial charge in [-0.3, -0.25) is 9.89 Å². The summed E-state index contributed by atoms with van der Waals surface area (Å²) >= 11 is 0. The predicted molar refractivity (Wildman–Crippen MR) is 101 cm³/mol. The number of H-pyrrole nitrogens is 1. The number of carbonyl (C=O) groups is 1. The van der Waals surface area contributed by atoms with Crippen LogP contribution in [0, 0.1) is 0 Å². The van der Waals surface area contributed by atoms with E-state index in [1.807, 2.05) is 51.1 Å². The Morgan fingerprint density at radius 2 is 2.11 bits per heavy atom. The minimum atomic E-state index is -1.29. The summed E-state index contributed by atoms with van der Waals surface area (Å²) in [6.45, 7) is 7.17. The third kappa shape index (κ3) is 4.87. The molecule has 2 aromatic rings. The second-order valence-corrected chi connectivity index (χ2v) is 8.02. The van der Waals surface area contributed by atoms with Gasteiger partial charge in [0.1, 0.15) is 23.7 Å². The van der Waals surface area contributed by atoms with Crippen molar-refractivity contribution >= 4 is 5.91 Å². The number of hydrogen-bond donors (Lipinski definition) is 2. The molecule has 0 spiro atoms. The van der Waals surface area contributed by atoms with E-state index in [1.165, 1.54) is 0 Å². The van der Waals surface area contributed by atoms with Crippen LogP contribution in [-0.2, 0) is 10.2 Å². The zero-order chi connectivity index (χ0) is 19.5. The molecule has 1 atom stereocenters. The SMILES string of the molecule is CC(C)(C)c1cc(C(=O)N2CCOCC(O)(COc3ccccc3)C2)n[nH]1. The average Bonchev–Trinajstić information content (AvgIpc) is 3.06. The van der Waals surface area contributed by atoms with Crippen LogP contribution in [0.4, 0.5) is 0 Å². The van der Waals surface area contributed by atoms with Crippen LogP contribution in [0.1, 0.15) is 37.0 Å². The number of benzene rings is 1. The highest BCUT2D eigenvalue weighted by Gasteiger charge is 2.36. The number of hydrogen-bond acceptors (Lipinski definition) is 5. The van der Waals surface area contributed by atoms with Crippen molar-refractivity contribution in [3.8, 4) is 5.75 Å². The third-order valence-electron chi connectivity index (χ3n) is 4.50. The lowest BCUT2D eigenvalue weighted by Gasteiger charge is -2.30. The lowest BCUT2D eigenvalue weighted by Crippen LogP contribution is -2.50. The first-order chi connectivity index (χ1) is 12.8. The second-order valence-electron chi connectivity index (χ2n) is 8.02. The van der Waals surface area contributed by atoms with Crippen molar-refractivity contribution < 1.29 is 19.4 Å². The molecular formula is C20H27N3O4. The monoisotopic (exact) mass is 373 g/mol. The summed E-state index contributed by atoms with van der Waals surface area (Å²) in [5, 5.41) is 18.0. The first-order valence-electron chi connectivity index (χ1n) is 9.10.